The highest BCUT2D eigenvalue weighted by molar-refractivity contribution is 5.78. The summed E-state index contributed by atoms with van der Waals surface area (Å²) < 4.78 is 10.6. The van der Waals surface area contributed by atoms with Crippen LogP contribution in [0.1, 0.15) is 24.8 Å². The fourth-order valence-electron chi connectivity index (χ4n) is 2.84. The van der Waals surface area contributed by atoms with Gasteiger partial charge >= 0.3 is 0 Å². The van der Waals surface area contributed by atoms with Crippen LogP contribution in [0.5, 0.6) is 5.75 Å². The normalized spacial score (nSPS) is 15.0. The Hall–Kier alpha value is -2.08. The molecule has 1 saturated heterocycles. The topological polar surface area (TPSA) is 59.1 Å². The predicted octanol–water partition coefficient (Wildman–Crippen LogP) is 1.86. The van der Waals surface area contributed by atoms with Crippen LogP contribution in [0.25, 0.3) is 0 Å². The van der Waals surface area contributed by atoms with E-state index >= 15 is 0 Å². The molecule has 1 aromatic carbocycles. The van der Waals surface area contributed by atoms with Crippen LogP contribution in [-0.2, 0) is 14.3 Å². The third-order valence-corrected chi connectivity index (χ3v) is 4.29. The van der Waals surface area contributed by atoms with Crippen molar-refractivity contribution < 1.29 is 19.1 Å². The summed E-state index contributed by atoms with van der Waals surface area (Å²) in [5.41, 5.74) is 1.20. The Balaban J connectivity index is 1.68. The molecular formula is C19H28N2O4. The molecule has 0 aliphatic carbocycles. The lowest BCUT2D eigenvalue weighted by atomic mass is 10.2. The summed E-state index contributed by atoms with van der Waals surface area (Å²) in [6.45, 7) is 5.22. The monoisotopic (exact) mass is 348 g/mol. The molecule has 6 nitrogen and oxygen atoms in total. The molecule has 1 fully saturated rings. The van der Waals surface area contributed by atoms with Crippen LogP contribution in [0.2, 0.25) is 0 Å². The van der Waals surface area contributed by atoms with Crippen molar-refractivity contribution >= 4 is 11.8 Å². The molecule has 2 amide bonds. The van der Waals surface area contributed by atoms with Crippen LogP contribution in [0.4, 0.5) is 0 Å². The minimum Gasteiger partial charge on any atom is -0.494 e. The van der Waals surface area contributed by atoms with Gasteiger partial charge in [-0.15, -0.1) is 0 Å². The molecule has 138 valence electrons. The SMILES string of the molecule is COCC(=O)N1CCCN(C(=O)CCCOc2ccc(C)cc2)CC1. The molecule has 0 aromatic heterocycles. The molecule has 6 heteroatoms. The number of ether oxygens (including phenoxy) is 2. The molecule has 0 saturated carbocycles. The number of carbonyl (C=O) groups excluding carboxylic acids is 2. The second kappa shape index (κ2) is 10.0. The smallest absolute Gasteiger partial charge is 0.248 e. The van der Waals surface area contributed by atoms with E-state index in [-0.39, 0.29) is 18.4 Å². The predicted molar refractivity (Wildman–Crippen MR) is 95.6 cm³/mol. The van der Waals surface area contributed by atoms with Crippen molar-refractivity contribution in [3.8, 4) is 5.75 Å². The Morgan fingerprint density at radius 1 is 1.00 bits per heavy atom. The number of benzene rings is 1. The Labute approximate surface area is 149 Å². The fraction of sp³-hybridized carbons (Fsp3) is 0.579. The molecule has 0 bridgehead atoms. The van der Waals surface area contributed by atoms with Gasteiger partial charge in [0.1, 0.15) is 12.4 Å². The maximum Gasteiger partial charge on any atom is 0.248 e. The summed E-state index contributed by atoms with van der Waals surface area (Å²) in [7, 11) is 1.52. The molecule has 0 spiro atoms. The number of carbonyl (C=O) groups is 2. The lowest BCUT2D eigenvalue weighted by Crippen LogP contribution is -2.38. The van der Waals surface area contributed by atoms with E-state index in [2.05, 4.69) is 0 Å². The zero-order valence-electron chi connectivity index (χ0n) is 15.2. The van der Waals surface area contributed by atoms with E-state index in [1.807, 2.05) is 36.1 Å². The summed E-state index contributed by atoms with van der Waals surface area (Å²) in [4.78, 5) is 27.9. The van der Waals surface area contributed by atoms with Crippen LogP contribution < -0.4 is 4.74 Å². The summed E-state index contributed by atoms with van der Waals surface area (Å²) in [5.74, 6) is 0.956. The third-order valence-electron chi connectivity index (χ3n) is 4.29. The van der Waals surface area contributed by atoms with E-state index in [0.717, 1.165) is 12.2 Å². The zero-order chi connectivity index (χ0) is 18.1. The Morgan fingerprint density at radius 2 is 1.64 bits per heavy atom. The van der Waals surface area contributed by atoms with Gasteiger partial charge in [-0.2, -0.15) is 0 Å². The van der Waals surface area contributed by atoms with Gasteiger partial charge in [-0.05, 0) is 31.9 Å². The molecular weight excluding hydrogens is 320 g/mol. The average Bonchev–Trinajstić information content (AvgIpc) is 2.86. The molecule has 0 atom stereocenters. The van der Waals surface area contributed by atoms with Crippen molar-refractivity contribution in [2.24, 2.45) is 0 Å². The van der Waals surface area contributed by atoms with E-state index < -0.39 is 0 Å². The van der Waals surface area contributed by atoms with Gasteiger partial charge in [0, 0.05) is 39.7 Å². The van der Waals surface area contributed by atoms with Crippen molar-refractivity contribution in [2.45, 2.75) is 26.2 Å². The van der Waals surface area contributed by atoms with Gasteiger partial charge in [-0.1, -0.05) is 17.7 Å². The van der Waals surface area contributed by atoms with Crippen molar-refractivity contribution in [1.82, 2.24) is 9.80 Å². The van der Waals surface area contributed by atoms with E-state index in [1.165, 1.54) is 12.7 Å². The van der Waals surface area contributed by atoms with Crippen LogP contribution in [0.15, 0.2) is 24.3 Å². The minimum absolute atomic E-state index is 0.0108. The van der Waals surface area contributed by atoms with Gasteiger partial charge in [0.2, 0.25) is 11.8 Å². The maximum absolute atomic E-state index is 12.4. The Bertz CT molecular complexity index is 559. The van der Waals surface area contributed by atoms with Gasteiger partial charge in [-0.25, -0.2) is 0 Å². The lowest BCUT2D eigenvalue weighted by Gasteiger charge is -2.22. The molecule has 1 heterocycles. The van der Waals surface area contributed by atoms with E-state index in [9.17, 15) is 9.59 Å². The molecule has 1 aromatic rings. The summed E-state index contributed by atoms with van der Waals surface area (Å²) in [5, 5.41) is 0. The molecule has 1 aliphatic rings. The standard InChI is InChI=1S/C19H28N2O4/c1-16-6-8-17(9-7-16)25-14-3-5-18(22)20-10-4-11-21(13-12-20)19(23)15-24-2/h6-9H,3-5,10-15H2,1-2H3. The van der Waals surface area contributed by atoms with Gasteiger partial charge in [0.25, 0.3) is 0 Å². The quantitative estimate of drug-likeness (QED) is 0.706. The lowest BCUT2D eigenvalue weighted by molar-refractivity contribution is -0.136. The molecule has 0 N–H and O–H groups in total. The number of hydrogen-bond donors (Lipinski definition) is 0. The summed E-state index contributed by atoms with van der Waals surface area (Å²) in [6.07, 6.45) is 1.97. The Kier molecular flexibility index (Phi) is 7.73. The second-order valence-corrected chi connectivity index (χ2v) is 6.31. The van der Waals surface area contributed by atoms with Gasteiger partial charge < -0.3 is 19.3 Å². The number of aryl methyl sites for hydroxylation is 1. The largest absolute Gasteiger partial charge is 0.494 e. The first-order chi connectivity index (χ1) is 12.1. The van der Waals surface area contributed by atoms with Gasteiger partial charge in [0.15, 0.2) is 0 Å². The van der Waals surface area contributed by atoms with E-state index in [0.29, 0.717) is 45.6 Å². The molecule has 0 radical (unpaired) electrons. The number of rotatable bonds is 7. The van der Waals surface area contributed by atoms with Gasteiger partial charge in [0.05, 0.1) is 6.61 Å². The fourth-order valence-corrected chi connectivity index (χ4v) is 2.84. The first-order valence-corrected chi connectivity index (χ1v) is 8.84. The van der Waals surface area contributed by atoms with Crippen molar-refractivity contribution in [2.75, 3.05) is 46.5 Å². The second-order valence-electron chi connectivity index (χ2n) is 6.31. The van der Waals surface area contributed by atoms with E-state index in [1.54, 1.807) is 4.90 Å². The van der Waals surface area contributed by atoms with Crippen LogP contribution in [0, 0.1) is 6.92 Å². The highest BCUT2D eigenvalue weighted by atomic mass is 16.5. The van der Waals surface area contributed by atoms with E-state index in [4.69, 9.17) is 9.47 Å². The first kappa shape index (κ1) is 19.2. The van der Waals surface area contributed by atoms with Crippen molar-refractivity contribution in [3.05, 3.63) is 29.8 Å². The van der Waals surface area contributed by atoms with Gasteiger partial charge in [-0.3, -0.25) is 9.59 Å². The van der Waals surface area contributed by atoms with Crippen molar-refractivity contribution in [3.63, 3.8) is 0 Å². The Morgan fingerprint density at radius 3 is 2.28 bits per heavy atom. The zero-order valence-corrected chi connectivity index (χ0v) is 15.2. The molecule has 1 aliphatic heterocycles. The number of amides is 2. The molecule has 0 unspecified atom stereocenters. The number of nitrogens with zero attached hydrogens (tertiary/aromatic N) is 2. The van der Waals surface area contributed by atoms with Crippen LogP contribution in [0.3, 0.4) is 0 Å². The highest BCUT2D eigenvalue weighted by Crippen LogP contribution is 2.12. The molecule has 25 heavy (non-hydrogen) atoms. The first-order valence-electron chi connectivity index (χ1n) is 8.84. The minimum atomic E-state index is -0.0108. The van der Waals surface area contributed by atoms with Crippen LogP contribution >= 0.6 is 0 Å². The summed E-state index contributed by atoms with van der Waals surface area (Å²) >= 11 is 0. The maximum atomic E-state index is 12.4. The van der Waals surface area contributed by atoms with Crippen LogP contribution in [-0.4, -0.2) is 68.1 Å². The highest BCUT2D eigenvalue weighted by Gasteiger charge is 2.21. The summed E-state index contributed by atoms with van der Waals surface area (Å²) in [6, 6.07) is 7.90. The average molecular weight is 348 g/mol. The number of hydrogen-bond acceptors (Lipinski definition) is 4. The number of methoxy groups -OCH3 is 1. The van der Waals surface area contributed by atoms with Crippen molar-refractivity contribution in [1.29, 1.82) is 0 Å². The molecule has 2 rings (SSSR count). The third kappa shape index (κ3) is 6.38.